The van der Waals surface area contributed by atoms with Crippen molar-refractivity contribution in [2.75, 3.05) is 33.3 Å². The number of rotatable bonds is 4. The van der Waals surface area contributed by atoms with E-state index in [9.17, 15) is 13.2 Å². The van der Waals surface area contributed by atoms with Crippen LogP contribution in [0.1, 0.15) is 24.0 Å². The summed E-state index contributed by atoms with van der Waals surface area (Å²) in [6.45, 7) is 5.02. The van der Waals surface area contributed by atoms with E-state index >= 15 is 0 Å². The summed E-state index contributed by atoms with van der Waals surface area (Å²) < 4.78 is 43.7. The molecule has 0 spiro atoms. The summed E-state index contributed by atoms with van der Waals surface area (Å²) in [7, 11) is 1.70. The zero-order chi connectivity index (χ0) is 19.2. The molecule has 2 fully saturated rings. The molecule has 0 atom stereocenters. The van der Waals surface area contributed by atoms with Gasteiger partial charge in [0, 0.05) is 48.3 Å². The molecule has 0 amide bonds. The maximum absolute atomic E-state index is 12.7. The average molecular weight is 381 g/mol. The van der Waals surface area contributed by atoms with Crippen molar-refractivity contribution in [3.05, 3.63) is 29.5 Å². The van der Waals surface area contributed by atoms with E-state index in [1.807, 2.05) is 11.1 Å². The van der Waals surface area contributed by atoms with Gasteiger partial charge in [0.15, 0.2) is 0 Å². The molecule has 0 radical (unpaired) electrons. The second-order valence-corrected chi connectivity index (χ2v) is 7.84. The van der Waals surface area contributed by atoms with Gasteiger partial charge >= 0.3 is 6.18 Å². The fourth-order valence-corrected chi connectivity index (χ4v) is 4.47. The van der Waals surface area contributed by atoms with Crippen LogP contribution < -0.4 is 4.74 Å². The van der Waals surface area contributed by atoms with Gasteiger partial charge in [0.05, 0.1) is 13.0 Å². The number of H-pyrrole nitrogens is 1. The van der Waals surface area contributed by atoms with Crippen LogP contribution in [0.2, 0.25) is 0 Å². The number of alkyl halides is 3. The zero-order valence-electron chi connectivity index (χ0n) is 15.8. The lowest BCUT2D eigenvalue weighted by molar-refractivity contribution is -0.215. The van der Waals surface area contributed by atoms with Gasteiger partial charge in [-0.1, -0.05) is 0 Å². The second kappa shape index (κ2) is 7.02. The van der Waals surface area contributed by atoms with Gasteiger partial charge in [-0.05, 0) is 50.6 Å². The summed E-state index contributed by atoms with van der Waals surface area (Å²) >= 11 is 0. The average Bonchev–Trinajstić information content (AvgIpc) is 3.06. The Labute approximate surface area is 157 Å². The number of halogens is 3. The first-order chi connectivity index (χ1) is 12.9. The molecule has 0 bridgehead atoms. The standard InChI is InChI=1S/C20H26F3N3O/c1-13-9-18(27-2)17(16-3-6-24-19(13)16)12-25-7-4-15(5-8-25)26-10-14(11-26)20(21,22)23/h3,6,9,14-15,24H,4-5,7-8,10-12H2,1-2H3. The van der Waals surface area contributed by atoms with E-state index in [0.29, 0.717) is 0 Å². The molecule has 27 heavy (non-hydrogen) atoms. The molecule has 4 nitrogen and oxygen atoms in total. The highest BCUT2D eigenvalue weighted by Crippen LogP contribution is 2.37. The van der Waals surface area contributed by atoms with Crippen LogP contribution in [0.25, 0.3) is 10.9 Å². The number of hydrogen-bond donors (Lipinski definition) is 1. The summed E-state index contributed by atoms with van der Waals surface area (Å²) in [5.41, 5.74) is 3.48. The Morgan fingerprint density at radius 3 is 2.56 bits per heavy atom. The molecule has 1 aromatic carbocycles. The normalized spacial score (nSPS) is 20.9. The predicted molar refractivity (Wildman–Crippen MR) is 99.0 cm³/mol. The minimum absolute atomic E-state index is 0.171. The minimum atomic E-state index is -4.04. The van der Waals surface area contributed by atoms with Crippen LogP contribution in [0.15, 0.2) is 18.3 Å². The summed E-state index contributed by atoms with van der Waals surface area (Å²) in [4.78, 5) is 7.69. The Bertz CT molecular complexity index is 803. The molecule has 2 aliphatic heterocycles. The van der Waals surface area contributed by atoms with Crippen molar-refractivity contribution in [2.45, 2.75) is 38.5 Å². The zero-order valence-corrected chi connectivity index (χ0v) is 15.8. The Balaban J connectivity index is 1.38. The molecule has 0 aliphatic carbocycles. The van der Waals surface area contributed by atoms with Crippen LogP contribution in [-0.4, -0.2) is 60.3 Å². The monoisotopic (exact) mass is 381 g/mol. The molecule has 148 valence electrons. The molecule has 2 saturated heterocycles. The number of methoxy groups -OCH3 is 1. The quantitative estimate of drug-likeness (QED) is 0.870. The number of benzene rings is 1. The SMILES string of the molecule is COc1cc(C)c2[nH]ccc2c1CN1CCC(N2CC(C(F)(F)F)C2)CC1. The summed E-state index contributed by atoms with van der Waals surface area (Å²) in [5.74, 6) is -0.230. The van der Waals surface area contributed by atoms with Gasteiger partial charge in [0.25, 0.3) is 0 Å². The first-order valence-corrected chi connectivity index (χ1v) is 9.53. The first-order valence-electron chi connectivity index (χ1n) is 9.53. The highest BCUT2D eigenvalue weighted by atomic mass is 19.4. The number of ether oxygens (including phenoxy) is 1. The highest BCUT2D eigenvalue weighted by Gasteiger charge is 2.48. The van der Waals surface area contributed by atoms with Crippen molar-refractivity contribution >= 4 is 10.9 Å². The fraction of sp³-hybridized carbons (Fsp3) is 0.600. The van der Waals surface area contributed by atoms with Crippen LogP contribution >= 0.6 is 0 Å². The molecule has 4 rings (SSSR count). The molecular formula is C20H26F3N3O. The van der Waals surface area contributed by atoms with E-state index < -0.39 is 12.1 Å². The number of hydrogen-bond acceptors (Lipinski definition) is 3. The van der Waals surface area contributed by atoms with Crippen molar-refractivity contribution < 1.29 is 17.9 Å². The molecule has 0 unspecified atom stereocenters. The Morgan fingerprint density at radius 1 is 1.22 bits per heavy atom. The molecule has 1 aromatic heterocycles. The van der Waals surface area contributed by atoms with Crippen LogP contribution in [-0.2, 0) is 6.54 Å². The van der Waals surface area contributed by atoms with E-state index in [0.717, 1.165) is 49.3 Å². The Morgan fingerprint density at radius 2 is 1.93 bits per heavy atom. The van der Waals surface area contributed by atoms with E-state index in [1.165, 1.54) is 10.9 Å². The highest BCUT2D eigenvalue weighted by molar-refractivity contribution is 5.88. The number of nitrogens with zero attached hydrogens (tertiary/aromatic N) is 2. The van der Waals surface area contributed by atoms with Crippen molar-refractivity contribution in [1.29, 1.82) is 0 Å². The maximum Gasteiger partial charge on any atom is 0.394 e. The lowest BCUT2D eigenvalue weighted by Gasteiger charge is -2.47. The topological polar surface area (TPSA) is 31.5 Å². The van der Waals surface area contributed by atoms with Gasteiger partial charge in [-0.15, -0.1) is 0 Å². The van der Waals surface area contributed by atoms with Gasteiger partial charge in [0.2, 0.25) is 0 Å². The van der Waals surface area contributed by atoms with Crippen molar-refractivity contribution in [3.63, 3.8) is 0 Å². The van der Waals surface area contributed by atoms with Gasteiger partial charge in [-0.2, -0.15) is 13.2 Å². The van der Waals surface area contributed by atoms with E-state index in [2.05, 4.69) is 28.9 Å². The van der Waals surface area contributed by atoms with E-state index in [4.69, 9.17) is 4.74 Å². The molecule has 2 aromatic rings. The molecule has 7 heteroatoms. The third-order valence-electron chi connectivity index (χ3n) is 6.16. The van der Waals surface area contributed by atoms with E-state index in [1.54, 1.807) is 7.11 Å². The van der Waals surface area contributed by atoms with Crippen LogP contribution in [0.5, 0.6) is 5.75 Å². The number of fused-ring (bicyclic) bond motifs is 1. The smallest absolute Gasteiger partial charge is 0.394 e. The largest absolute Gasteiger partial charge is 0.496 e. The second-order valence-electron chi connectivity index (χ2n) is 7.84. The van der Waals surface area contributed by atoms with Gasteiger partial charge in [0.1, 0.15) is 5.75 Å². The molecule has 2 aliphatic rings. The van der Waals surface area contributed by atoms with E-state index in [-0.39, 0.29) is 19.1 Å². The number of piperidine rings is 1. The molecule has 3 heterocycles. The third-order valence-corrected chi connectivity index (χ3v) is 6.16. The van der Waals surface area contributed by atoms with Gasteiger partial charge in [-0.25, -0.2) is 0 Å². The lowest BCUT2D eigenvalue weighted by Crippen LogP contribution is -2.59. The van der Waals surface area contributed by atoms with Crippen LogP contribution in [0.4, 0.5) is 13.2 Å². The molecular weight excluding hydrogens is 355 g/mol. The third kappa shape index (κ3) is 3.55. The number of aryl methyl sites for hydroxylation is 1. The lowest BCUT2D eigenvalue weighted by atomic mass is 9.92. The predicted octanol–water partition coefficient (Wildman–Crippen LogP) is 3.94. The van der Waals surface area contributed by atoms with Crippen molar-refractivity contribution in [2.24, 2.45) is 5.92 Å². The van der Waals surface area contributed by atoms with Crippen LogP contribution in [0.3, 0.4) is 0 Å². The fourth-order valence-electron chi connectivity index (χ4n) is 4.47. The van der Waals surface area contributed by atoms with Gasteiger partial charge < -0.3 is 9.72 Å². The Kier molecular flexibility index (Phi) is 4.84. The number of nitrogens with one attached hydrogen (secondary N) is 1. The number of aromatic amines is 1. The minimum Gasteiger partial charge on any atom is -0.496 e. The van der Waals surface area contributed by atoms with Crippen LogP contribution in [0, 0.1) is 12.8 Å². The molecule has 0 saturated carbocycles. The van der Waals surface area contributed by atoms with Crippen molar-refractivity contribution in [3.8, 4) is 5.75 Å². The number of likely N-dealkylation sites (tertiary alicyclic amines) is 2. The summed E-state index contributed by atoms with van der Waals surface area (Å²) in [6, 6.07) is 4.44. The van der Waals surface area contributed by atoms with Gasteiger partial charge in [-0.3, -0.25) is 9.80 Å². The first kappa shape index (κ1) is 18.6. The maximum atomic E-state index is 12.7. The van der Waals surface area contributed by atoms with Crippen molar-refractivity contribution in [1.82, 2.24) is 14.8 Å². The summed E-state index contributed by atoms with van der Waals surface area (Å²) in [6.07, 6.45) is -0.237. The number of aromatic nitrogens is 1. The summed E-state index contributed by atoms with van der Waals surface area (Å²) in [5, 5.41) is 1.18. The molecule has 1 N–H and O–H groups in total. The Hall–Kier alpha value is -1.73.